The summed E-state index contributed by atoms with van der Waals surface area (Å²) < 4.78 is 5.51. The number of likely N-dealkylation sites (tertiary alicyclic amines) is 1. The Hall–Kier alpha value is -0.980. The van der Waals surface area contributed by atoms with E-state index in [0.717, 1.165) is 30.9 Å². The van der Waals surface area contributed by atoms with Crippen LogP contribution in [0, 0.1) is 0 Å². The van der Waals surface area contributed by atoms with Crippen molar-refractivity contribution in [2.45, 2.75) is 51.8 Å². The third kappa shape index (κ3) is 4.02. The first kappa shape index (κ1) is 16.4. The smallest absolute Gasteiger partial charge is 0.271 e. The van der Waals surface area contributed by atoms with Crippen molar-refractivity contribution in [3.05, 3.63) is 16.1 Å². The molecule has 118 valence electrons. The molecule has 21 heavy (non-hydrogen) atoms. The van der Waals surface area contributed by atoms with E-state index >= 15 is 0 Å². The van der Waals surface area contributed by atoms with Crippen LogP contribution in [0.5, 0.6) is 0 Å². The van der Waals surface area contributed by atoms with Crippen molar-refractivity contribution >= 4 is 17.2 Å². The normalized spacial score (nSPS) is 22.9. The Balaban J connectivity index is 1.97. The fourth-order valence-corrected chi connectivity index (χ4v) is 3.47. The molecule has 1 saturated heterocycles. The summed E-state index contributed by atoms with van der Waals surface area (Å²) in [6.07, 6.45) is 2.03. The minimum atomic E-state index is -0.0914. The summed E-state index contributed by atoms with van der Waals surface area (Å²) in [7, 11) is 1.70. The lowest BCUT2D eigenvalue weighted by molar-refractivity contribution is 0.0750. The van der Waals surface area contributed by atoms with Crippen LogP contribution in [0.3, 0.4) is 0 Å². The molecule has 0 radical (unpaired) electrons. The fourth-order valence-electron chi connectivity index (χ4n) is 2.59. The molecule has 1 N–H and O–H groups in total. The first-order chi connectivity index (χ1) is 10.0. The first-order valence-electron chi connectivity index (χ1n) is 7.57. The number of ether oxygens (including phenoxy) is 1. The second-order valence-electron chi connectivity index (χ2n) is 5.78. The summed E-state index contributed by atoms with van der Waals surface area (Å²) in [5, 5.41) is 5.95. The summed E-state index contributed by atoms with van der Waals surface area (Å²) in [6.45, 7) is 8.12. The number of aromatic nitrogens is 1. The van der Waals surface area contributed by atoms with Gasteiger partial charge in [0.25, 0.3) is 5.91 Å². The summed E-state index contributed by atoms with van der Waals surface area (Å²) in [5.41, 5.74) is 0.529. The molecule has 0 unspecified atom stereocenters. The van der Waals surface area contributed by atoms with E-state index in [2.05, 4.69) is 36.0 Å². The maximum absolute atomic E-state index is 12.3. The number of amides is 1. The molecule has 6 heteroatoms. The molecule has 1 aromatic heterocycles. The zero-order chi connectivity index (χ0) is 15.4. The van der Waals surface area contributed by atoms with E-state index in [4.69, 9.17) is 4.74 Å². The zero-order valence-corrected chi connectivity index (χ0v) is 14.1. The number of carbonyl (C=O) groups excluding carboxylic acids is 1. The monoisotopic (exact) mass is 311 g/mol. The average molecular weight is 311 g/mol. The number of hydrogen-bond donors (Lipinski definition) is 1. The highest BCUT2D eigenvalue weighted by Crippen LogP contribution is 2.17. The van der Waals surface area contributed by atoms with E-state index in [1.807, 2.05) is 5.38 Å². The average Bonchev–Trinajstić information content (AvgIpc) is 3.06. The van der Waals surface area contributed by atoms with Crippen molar-refractivity contribution in [1.29, 1.82) is 0 Å². The Labute approximate surface area is 130 Å². The van der Waals surface area contributed by atoms with Gasteiger partial charge in [-0.2, -0.15) is 0 Å². The van der Waals surface area contributed by atoms with E-state index in [1.54, 1.807) is 18.4 Å². The van der Waals surface area contributed by atoms with Gasteiger partial charge in [0.05, 0.1) is 17.2 Å². The number of aryl methyl sites for hydroxylation is 1. The number of nitrogens with one attached hydrogen (secondary N) is 1. The maximum atomic E-state index is 12.3. The molecule has 1 fully saturated rings. The van der Waals surface area contributed by atoms with Gasteiger partial charge >= 0.3 is 0 Å². The molecule has 1 aliphatic rings. The Bertz CT molecular complexity index is 475. The van der Waals surface area contributed by atoms with E-state index < -0.39 is 0 Å². The van der Waals surface area contributed by atoms with E-state index in [0.29, 0.717) is 11.7 Å². The minimum Gasteiger partial charge on any atom is -0.378 e. The summed E-state index contributed by atoms with van der Waals surface area (Å²) in [5.74, 6) is -0.0914. The molecule has 2 atom stereocenters. The van der Waals surface area contributed by atoms with Gasteiger partial charge in [0.15, 0.2) is 0 Å². The lowest BCUT2D eigenvalue weighted by Gasteiger charge is -2.19. The first-order valence-corrected chi connectivity index (χ1v) is 8.45. The molecule has 0 saturated carbocycles. The molecule has 2 heterocycles. The standard InChI is InChI=1S/C15H25N3O2S/c1-5-6-14-16-12(9-21-14)15(19)17-11-7-18(10(2)3)8-13(11)20-4/h9-11,13H,5-8H2,1-4H3,(H,17,19)/t11-,13-/m1/s1. The van der Waals surface area contributed by atoms with Crippen LogP contribution in [0.25, 0.3) is 0 Å². The Kier molecular flexibility index (Phi) is 5.72. The third-order valence-electron chi connectivity index (χ3n) is 3.89. The van der Waals surface area contributed by atoms with Crippen molar-refractivity contribution in [2.75, 3.05) is 20.2 Å². The van der Waals surface area contributed by atoms with Crippen LogP contribution in [0.2, 0.25) is 0 Å². The van der Waals surface area contributed by atoms with Gasteiger partial charge in [-0.05, 0) is 26.7 Å². The van der Waals surface area contributed by atoms with Gasteiger partial charge in [-0.3, -0.25) is 9.69 Å². The summed E-state index contributed by atoms with van der Waals surface area (Å²) in [4.78, 5) is 19.0. The number of hydrogen-bond acceptors (Lipinski definition) is 5. The fraction of sp³-hybridized carbons (Fsp3) is 0.733. The van der Waals surface area contributed by atoms with E-state index in [-0.39, 0.29) is 18.1 Å². The topological polar surface area (TPSA) is 54.5 Å². The van der Waals surface area contributed by atoms with Crippen LogP contribution in [0.4, 0.5) is 0 Å². The third-order valence-corrected chi connectivity index (χ3v) is 4.80. The van der Waals surface area contributed by atoms with Gasteiger partial charge in [0.2, 0.25) is 0 Å². The largest absolute Gasteiger partial charge is 0.378 e. The quantitative estimate of drug-likeness (QED) is 0.872. The zero-order valence-electron chi connectivity index (χ0n) is 13.3. The number of carbonyl (C=O) groups is 1. The van der Waals surface area contributed by atoms with E-state index in [9.17, 15) is 4.79 Å². The van der Waals surface area contributed by atoms with Crippen molar-refractivity contribution in [2.24, 2.45) is 0 Å². The second kappa shape index (κ2) is 7.33. The predicted molar refractivity (Wildman–Crippen MR) is 84.9 cm³/mol. The SMILES string of the molecule is CCCc1nc(C(=O)N[C@@H]2CN(C(C)C)C[C@H]2OC)cs1. The van der Waals surface area contributed by atoms with Crippen LogP contribution in [-0.4, -0.2) is 54.2 Å². The van der Waals surface area contributed by atoms with Crippen molar-refractivity contribution in [3.8, 4) is 0 Å². The lowest BCUT2D eigenvalue weighted by Crippen LogP contribution is -2.43. The van der Waals surface area contributed by atoms with Crippen molar-refractivity contribution < 1.29 is 9.53 Å². The van der Waals surface area contributed by atoms with Crippen LogP contribution in [0.15, 0.2) is 5.38 Å². The molecule has 0 aliphatic carbocycles. The van der Waals surface area contributed by atoms with Gasteiger partial charge in [0.1, 0.15) is 5.69 Å². The molecule has 1 aromatic rings. The van der Waals surface area contributed by atoms with Gasteiger partial charge in [-0.1, -0.05) is 6.92 Å². The molecule has 5 nitrogen and oxygen atoms in total. The molecule has 0 spiro atoms. The highest BCUT2D eigenvalue weighted by Gasteiger charge is 2.35. The number of nitrogens with zero attached hydrogens (tertiary/aromatic N) is 2. The van der Waals surface area contributed by atoms with Crippen LogP contribution in [0.1, 0.15) is 42.7 Å². The predicted octanol–water partition coefficient (Wildman–Crippen LogP) is 1.93. The summed E-state index contributed by atoms with van der Waals surface area (Å²) >= 11 is 1.56. The number of thiazole rings is 1. The molecule has 0 aromatic carbocycles. The molecular formula is C15H25N3O2S. The number of rotatable bonds is 6. The molecule has 2 rings (SSSR count). The van der Waals surface area contributed by atoms with E-state index in [1.165, 1.54) is 0 Å². The maximum Gasteiger partial charge on any atom is 0.271 e. The minimum absolute atomic E-state index is 0.0289. The second-order valence-corrected chi connectivity index (χ2v) is 6.72. The molecule has 1 aliphatic heterocycles. The van der Waals surface area contributed by atoms with Crippen molar-refractivity contribution in [3.63, 3.8) is 0 Å². The molecular weight excluding hydrogens is 286 g/mol. The van der Waals surface area contributed by atoms with Crippen LogP contribution in [-0.2, 0) is 11.2 Å². The van der Waals surface area contributed by atoms with Gasteiger partial charge < -0.3 is 10.1 Å². The molecule has 0 bridgehead atoms. The van der Waals surface area contributed by atoms with Crippen LogP contribution >= 0.6 is 11.3 Å². The van der Waals surface area contributed by atoms with Gasteiger partial charge in [-0.15, -0.1) is 11.3 Å². The number of methoxy groups -OCH3 is 1. The van der Waals surface area contributed by atoms with Gasteiger partial charge in [0, 0.05) is 31.6 Å². The molecule has 1 amide bonds. The van der Waals surface area contributed by atoms with Gasteiger partial charge in [-0.25, -0.2) is 4.98 Å². The Morgan fingerprint density at radius 3 is 2.95 bits per heavy atom. The highest BCUT2D eigenvalue weighted by atomic mass is 32.1. The lowest BCUT2D eigenvalue weighted by atomic mass is 10.2. The summed E-state index contributed by atoms with van der Waals surface area (Å²) in [6, 6.07) is 0.487. The Morgan fingerprint density at radius 1 is 1.57 bits per heavy atom. The van der Waals surface area contributed by atoms with Crippen molar-refractivity contribution in [1.82, 2.24) is 15.2 Å². The highest BCUT2D eigenvalue weighted by molar-refractivity contribution is 7.09. The van der Waals surface area contributed by atoms with Crippen LogP contribution < -0.4 is 5.32 Å². The Morgan fingerprint density at radius 2 is 2.33 bits per heavy atom.